The molecule has 100 valence electrons. The van der Waals surface area contributed by atoms with Crippen LogP contribution in [0.15, 0.2) is 18.2 Å². The monoisotopic (exact) mass is 254 g/mol. The summed E-state index contributed by atoms with van der Waals surface area (Å²) in [7, 11) is 0. The highest BCUT2D eigenvalue weighted by Gasteiger charge is 2.39. The van der Waals surface area contributed by atoms with Crippen LogP contribution in [-0.4, -0.2) is 11.2 Å². The third-order valence-corrected chi connectivity index (χ3v) is 4.28. The van der Waals surface area contributed by atoms with E-state index in [2.05, 4.69) is 13.8 Å². The molecule has 3 heteroatoms. The number of rotatable bonds is 3. The lowest BCUT2D eigenvalue weighted by molar-refractivity contribution is 0.0530. The molecule has 2 rings (SSSR count). The van der Waals surface area contributed by atoms with Gasteiger partial charge in [-0.05, 0) is 36.3 Å². The van der Waals surface area contributed by atoms with Crippen molar-refractivity contribution in [1.82, 2.24) is 0 Å². The van der Waals surface area contributed by atoms with E-state index in [9.17, 15) is 13.9 Å². The van der Waals surface area contributed by atoms with Crippen LogP contribution in [0.1, 0.15) is 38.7 Å². The number of aliphatic hydroxyl groups is 1. The van der Waals surface area contributed by atoms with Crippen molar-refractivity contribution in [2.24, 2.45) is 11.3 Å². The molecule has 1 aromatic carbocycles. The van der Waals surface area contributed by atoms with E-state index in [1.54, 1.807) is 0 Å². The minimum atomic E-state index is -0.672. The Morgan fingerprint density at radius 2 is 1.94 bits per heavy atom. The van der Waals surface area contributed by atoms with Crippen molar-refractivity contribution >= 4 is 0 Å². The van der Waals surface area contributed by atoms with Crippen LogP contribution in [-0.2, 0) is 6.42 Å². The summed E-state index contributed by atoms with van der Waals surface area (Å²) >= 11 is 0. The molecule has 18 heavy (non-hydrogen) atoms. The predicted octanol–water partition coefficient (Wildman–Crippen LogP) is 3.69. The van der Waals surface area contributed by atoms with Gasteiger partial charge < -0.3 is 5.11 Å². The maximum atomic E-state index is 13.5. The molecule has 0 amide bonds. The summed E-state index contributed by atoms with van der Waals surface area (Å²) in [5, 5.41) is 10.3. The first kappa shape index (κ1) is 13.5. The average molecular weight is 254 g/mol. The van der Waals surface area contributed by atoms with E-state index in [4.69, 9.17) is 0 Å². The summed E-state index contributed by atoms with van der Waals surface area (Å²) in [6, 6.07) is 3.83. The molecule has 0 aliphatic heterocycles. The molecule has 1 aliphatic rings. The molecule has 1 saturated carbocycles. The molecule has 0 bridgehead atoms. The second kappa shape index (κ2) is 4.96. The zero-order valence-electron chi connectivity index (χ0n) is 10.9. The minimum absolute atomic E-state index is 0.00713. The van der Waals surface area contributed by atoms with Gasteiger partial charge in [-0.15, -0.1) is 0 Å². The predicted molar refractivity (Wildman–Crippen MR) is 67.2 cm³/mol. The number of halogens is 2. The molecule has 1 aromatic rings. The summed E-state index contributed by atoms with van der Waals surface area (Å²) in [6.45, 7) is 4.23. The van der Waals surface area contributed by atoms with E-state index >= 15 is 0 Å². The van der Waals surface area contributed by atoms with Gasteiger partial charge in [0.15, 0.2) is 0 Å². The van der Waals surface area contributed by atoms with Crippen molar-refractivity contribution in [3.8, 4) is 0 Å². The van der Waals surface area contributed by atoms with Crippen molar-refractivity contribution < 1.29 is 13.9 Å². The Balaban J connectivity index is 2.14. The Kier molecular flexibility index (Phi) is 3.71. The van der Waals surface area contributed by atoms with Gasteiger partial charge in [-0.3, -0.25) is 0 Å². The van der Waals surface area contributed by atoms with Crippen LogP contribution in [0.3, 0.4) is 0 Å². The van der Waals surface area contributed by atoms with Crippen molar-refractivity contribution in [1.29, 1.82) is 0 Å². The summed E-state index contributed by atoms with van der Waals surface area (Å²) in [5.74, 6) is -1.01. The topological polar surface area (TPSA) is 20.2 Å². The molecule has 2 atom stereocenters. The third-order valence-electron chi connectivity index (χ3n) is 4.28. The maximum absolute atomic E-state index is 13.5. The highest BCUT2D eigenvalue weighted by Crippen LogP contribution is 2.45. The minimum Gasteiger partial charge on any atom is -0.392 e. The van der Waals surface area contributed by atoms with Crippen molar-refractivity contribution in [3.63, 3.8) is 0 Å². The van der Waals surface area contributed by atoms with Crippen LogP contribution in [0.2, 0.25) is 0 Å². The average Bonchev–Trinajstić information content (AvgIpc) is 2.63. The molecule has 2 unspecified atom stereocenters. The van der Waals surface area contributed by atoms with Gasteiger partial charge in [0.2, 0.25) is 0 Å². The van der Waals surface area contributed by atoms with Crippen molar-refractivity contribution in [3.05, 3.63) is 35.4 Å². The van der Waals surface area contributed by atoms with Crippen LogP contribution in [0, 0.1) is 23.0 Å². The summed E-state index contributed by atoms with van der Waals surface area (Å²) in [6.07, 6.45) is 2.47. The molecule has 0 aromatic heterocycles. The summed E-state index contributed by atoms with van der Waals surface area (Å²) in [4.78, 5) is 0. The zero-order chi connectivity index (χ0) is 13.3. The molecule has 0 radical (unpaired) electrons. The molecular weight excluding hydrogens is 234 g/mol. The first-order chi connectivity index (χ1) is 8.42. The highest BCUT2D eigenvalue weighted by molar-refractivity contribution is 5.20. The fourth-order valence-corrected chi connectivity index (χ4v) is 3.15. The highest BCUT2D eigenvalue weighted by atomic mass is 19.1. The second-order valence-electron chi connectivity index (χ2n) is 5.96. The molecule has 0 spiro atoms. The lowest BCUT2D eigenvalue weighted by Crippen LogP contribution is -2.31. The van der Waals surface area contributed by atoms with Gasteiger partial charge in [-0.2, -0.15) is 0 Å². The maximum Gasteiger partial charge on any atom is 0.129 e. The lowest BCUT2D eigenvalue weighted by atomic mass is 9.77. The Morgan fingerprint density at radius 1 is 1.33 bits per heavy atom. The largest absolute Gasteiger partial charge is 0.392 e. The SMILES string of the molecule is CC1(C)CCCC1C(O)Cc1c(F)cccc1F. The Bertz CT molecular complexity index is 408. The van der Waals surface area contributed by atoms with E-state index in [0.29, 0.717) is 0 Å². The van der Waals surface area contributed by atoms with Crippen LogP contribution < -0.4 is 0 Å². The van der Waals surface area contributed by atoms with E-state index in [0.717, 1.165) is 19.3 Å². The smallest absolute Gasteiger partial charge is 0.129 e. The lowest BCUT2D eigenvalue weighted by Gasteiger charge is -2.31. The van der Waals surface area contributed by atoms with E-state index in [1.165, 1.54) is 18.2 Å². The standard InChI is InChI=1S/C15H20F2O/c1-15(2)8-4-5-11(15)14(18)9-10-12(16)6-3-7-13(10)17/h3,6-7,11,14,18H,4-5,8-9H2,1-2H3. The quantitative estimate of drug-likeness (QED) is 0.872. The van der Waals surface area contributed by atoms with Crippen LogP contribution in [0.4, 0.5) is 8.78 Å². The van der Waals surface area contributed by atoms with Crippen molar-refractivity contribution in [2.75, 3.05) is 0 Å². The number of benzene rings is 1. The fourth-order valence-electron chi connectivity index (χ4n) is 3.15. The molecule has 1 N–H and O–H groups in total. The molecule has 1 aliphatic carbocycles. The molecule has 1 nitrogen and oxygen atoms in total. The molecule has 1 fully saturated rings. The van der Waals surface area contributed by atoms with Crippen LogP contribution in [0.25, 0.3) is 0 Å². The van der Waals surface area contributed by atoms with Gasteiger partial charge in [0.05, 0.1) is 6.10 Å². The van der Waals surface area contributed by atoms with Gasteiger partial charge >= 0.3 is 0 Å². The molecule has 0 heterocycles. The normalized spacial score (nSPS) is 24.2. The van der Waals surface area contributed by atoms with E-state index in [1.807, 2.05) is 0 Å². The van der Waals surface area contributed by atoms with E-state index in [-0.39, 0.29) is 23.3 Å². The van der Waals surface area contributed by atoms with Gasteiger partial charge in [0.1, 0.15) is 11.6 Å². The second-order valence-corrected chi connectivity index (χ2v) is 5.96. The summed E-state index contributed by atoms with van der Waals surface area (Å²) < 4.78 is 27.1. The van der Waals surface area contributed by atoms with Crippen LogP contribution in [0.5, 0.6) is 0 Å². The van der Waals surface area contributed by atoms with Gasteiger partial charge in [0, 0.05) is 12.0 Å². The fraction of sp³-hybridized carbons (Fsp3) is 0.600. The third kappa shape index (κ3) is 2.56. The summed E-state index contributed by atoms with van der Waals surface area (Å²) in [5.41, 5.74) is 0.0638. The van der Waals surface area contributed by atoms with Crippen molar-refractivity contribution in [2.45, 2.75) is 45.6 Å². The zero-order valence-corrected chi connectivity index (χ0v) is 10.9. The number of aliphatic hydroxyl groups excluding tert-OH is 1. The number of hydrogen-bond acceptors (Lipinski definition) is 1. The van der Waals surface area contributed by atoms with Crippen LogP contribution >= 0.6 is 0 Å². The molecule has 0 saturated heterocycles. The Hall–Kier alpha value is -0.960. The van der Waals surface area contributed by atoms with Gasteiger partial charge in [-0.25, -0.2) is 8.78 Å². The van der Waals surface area contributed by atoms with Gasteiger partial charge in [0.25, 0.3) is 0 Å². The molecular formula is C15H20F2O. The first-order valence-electron chi connectivity index (χ1n) is 6.53. The number of hydrogen-bond donors (Lipinski definition) is 1. The van der Waals surface area contributed by atoms with Gasteiger partial charge in [-0.1, -0.05) is 26.3 Å². The Morgan fingerprint density at radius 3 is 2.44 bits per heavy atom. The first-order valence-corrected chi connectivity index (χ1v) is 6.53. The van der Waals surface area contributed by atoms with E-state index < -0.39 is 17.7 Å². The Labute approximate surface area is 107 Å².